The normalized spacial score (nSPS) is 10.8. The van der Waals surface area contributed by atoms with Gasteiger partial charge < -0.3 is 10.2 Å². The van der Waals surface area contributed by atoms with Crippen LogP contribution >= 0.6 is 0 Å². The van der Waals surface area contributed by atoms with Crippen LogP contribution in [-0.4, -0.2) is 24.9 Å². The summed E-state index contributed by atoms with van der Waals surface area (Å²) in [4.78, 5) is 24.9. The van der Waals surface area contributed by atoms with Crippen LogP contribution in [0, 0.1) is 28.4 Å². The molecule has 7 nitrogen and oxygen atoms in total. The number of carbonyl (C=O) groups is 1. The second-order valence-electron chi connectivity index (χ2n) is 5.89. The van der Waals surface area contributed by atoms with E-state index in [4.69, 9.17) is 0 Å². The lowest BCUT2D eigenvalue weighted by atomic mass is 10.1. The van der Waals surface area contributed by atoms with E-state index < -0.39 is 10.8 Å². The van der Waals surface area contributed by atoms with E-state index in [-0.39, 0.29) is 16.9 Å². The Kier molecular flexibility index (Phi) is 5.71. The van der Waals surface area contributed by atoms with Crippen LogP contribution in [0.1, 0.15) is 11.1 Å². The molecule has 0 unspecified atom stereocenters. The van der Waals surface area contributed by atoms with Gasteiger partial charge in [-0.25, -0.2) is 0 Å². The van der Waals surface area contributed by atoms with E-state index >= 15 is 0 Å². The number of amides is 1. The van der Waals surface area contributed by atoms with Crippen molar-refractivity contribution in [2.75, 3.05) is 24.3 Å². The van der Waals surface area contributed by atoms with Gasteiger partial charge in [0.25, 0.3) is 11.6 Å². The lowest BCUT2D eigenvalue weighted by Gasteiger charge is -2.12. The monoisotopic (exact) mass is 350 g/mol. The molecule has 0 aliphatic carbocycles. The minimum Gasteiger partial charge on any atom is -0.378 e. The maximum atomic E-state index is 12.4. The zero-order chi connectivity index (χ0) is 19.3. The van der Waals surface area contributed by atoms with Crippen LogP contribution in [0.25, 0.3) is 6.08 Å². The standard InChI is InChI=1S/C19H18N4O3/c1-13-4-9-17(18(10-13)23(25)26)21-19(24)15(12-20)11-14-5-7-16(8-6-14)22(2)3/h4-11H,1-3H3,(H,21,24)/b15-11+. The number of benzene rings is 2. The first-order valence-corrected chi connectivity index (χ1v) is 7.77. The third-order valence-electron chi connectivity index (χ3n) is 3.68. The van der Waals surface area contributed by atoms with Gasteiger partial charge in [-0.1, -0.05) is 18.2 Å². The SMILES string of the molecule is Cc1ccc(NC(=O)/C(C#N)=C/c2ccc(N(C)C)cc2)c([N+](=O)[O-])c1. The van der Waals surface area contributed by atoms with Crippen molar-refractivity contribution in [1.82, 2.24) is 0 Å². The van der Waals surface area contributed by atoms with E-state index in [9.17, 15) is 20.2 Å². The fraction of sp³-hybridized carbons (Fsp3) is 0.158. The summed E-state index contributed by atoms with van der Waals surface area (Å²) in [5.74, 6) is -0.698. The van der Waals surface area contributed by atoms with Crippen molar-refractivity contribution < 1.29 is 9.72 Å². The lowest BCUT2D eigenvalue weighted by Crippen LogP contribution is -2.14. The Hall–Kier alpha value is -3.66. The molecule has 0 aliphatic rings. The summed E-state index contributed by atoms with van der Waals surface area (Å²) in [5, 5.41) is 22.9. The second-order valence-corrected chi connectivity index (χ2v) is 5.89. The van der Waals surface area contributed by atoms with Crippen molar-refractivity contribution >= 4 is 29.0 Å². The van der Waals surface area contributed by atoms with Gasteiger partial charge in [0.1, 0.15) is 17.3 Å². The fourth-order valence-corrected chi connectivity index (χ4v) is 2.27. The van der Waals surface area contributed by atoms with Crippen LogP contribution in [0.3, 0.4) is 0 Å². The number of nitrogens with zero attached hydrogens (tertiary/aromatic N) is 3. The molecule has 0 heterocycles. The van der Waals surface area contributed by atoms with Gasteiger partial charge in [0.15, 0.2) is 0 Å². The van der Waals surface area contributed by atoms with E-state index in [2.05, 4.69) is 5.32 Å². The minimum atomic E-state index is -0.698. The molecular weight excluding hydrogens is 332 g/mol. The first kappa shape index (κ1) is 18.7. The van der Waals surface area contributed by atoms with Crippen LogP contribution in [0.4, 0.5) is 17.1 Å². The summed E-state index contributed by atoms with van der Waals surface area (Å²) in [7, 11) is 3.82. The van der Waals surface area contributed by atoms with Gasteiger partial charge in [0.2, 0.25) is 0 Å². The predicted octanol–water partition coefficient (Wildman–Crippen LogP) is 3.51. The molecule has 2 rings (SSSR count). The maximum Gasteiger partial charge on any atom is 0.293 e. The molecule has 0 spiro atoms. The summed E-state index contributed by atoms with van der Waals surface area (Å²) in [6, 6.07) is 13.6. The van der Waals surface area contributed by atoms with Gasteiger partial charge in [0.05, 0.1) is 4.92 Å². The van der Waals surface area contributed by atoms with Crippen LogP contribution in [0.15, 0.2) is 48.0 Å². The second kappa shape index (κ2) is 7.94. The highest BCUT2D eigenvalue weighted by molar-refractivity contribution is 6.10. The Balaban J connectivity index is 2.27. The average molecular weight is 350 g/mol. The van der Waals surface area contributed by atoms with Crippen molar-refractivity contribution in [2.24, 2.45) is 0 Å². The molecule has 0 atom stereocenters. The highest BCUT2D eigenvalue weighted by Gasteiger charge is 2.18. The van der Waals surface area contributed by atoms with Gasteiger partial charge in [-0.05, 0) is 42.3 Å². The molecule has 0 radical (unpaired) electrons. The van der Waals surface area contributed by atoms with Crippen molar-refractivity contribution in [3.63, 3.8) is 0 Å². The number of nitro groups is 1. The number of hydrogen-bond donors (Lipinski definition) is 1. The van der Waals surface area contributed by atoms with E-state index in [1.165, 1.54) is 18.2 Å². The largest absolute Gasteiger partial charge is 0.378 e. The zero-order valence-electron chi connectivity index (χ0n) is 14.7. The van der Waals surface area contributed by atoms with Gasteiger partial charge >= 0.3 is 0 Å². The molecule has 0 saturated heterocycles. The number of nitriles is 1. The molecule has 1 N–H and O–H groups in total. The average Bonchev–Trinajstić information content (AvgIpc) is 2.61. The van der Waals surface area contributed by atoms with Gasteiger partial charge in [-0.2, -0.15) is 5.26 Å². The molecule has 2 aromatic rings. The first-order chi connectivity index (χ1) is 12.3. The molecule has 7 heteroatoms. The number of nitrogens with one attached hydrogen (secondary N) is 1. The molecule has 0 aliphatic heterocycles. The van der Waals surface area contributed by atoms with Crippen LogP contribution in [0.5, 0.6) is 0 Å². The summed E-state index contributed by atoms with van der Waals surface area (Å²) >= 11 is 0. The van der Waals surface area contributed by atoms with Crippen molar-refractivity contribution in [2.45, 2.75) is 6.92 Å². The molecule has 0 bridgehead atoms. The third-order valence-corrected chi connectivity index (χ3v) is 3.68. The molecule has 26 heavy (non-hydrogen) atoms. The Morgan fingerprint density at radius 2 is 1.88 bits per heavy atom. The van der Waals surface area contributed by atoms with Crippen molar-refractivity contribution in [3.8, 4) is 6.07 Å². The molecule has 2 aromatic carbocycles. The number of nitro benzene ring substituents is 1. The summed E-state index contributed by atoms with van der Waals surface area (Å²) in [5.41, 5.74) is 2.06. The fourth-order valence-electron chi connectivity index (χ4n) is 2.27. The van der Waals surface area contributed by atoms with E-state index in [0.717, 1.165) is 5.69 Å². The smallest absolute Gasteiger partial charge is 0.293 e. The number of hydrogen-bond acceptors (Lipinski definition) is 5. The number of aryl methyl sites for hydroxylation is 1. The number of anilines is 2. The molecule has 0 fully saturated rings. The highest BCUT2D eigenvalue weighted by Crippen LogP contribution is 2.26. The van der Waals surface area contributed by atoms with Gasteiger partial charge in [-0.15, -0.1) is 0 Å². The summed E-state index contributed by atoms with van der Waals surface area (Å²) in [6.45, 7) is 1.72. The van der Waals surface area contributed by atoms with Crippen LogP contribution < -0.4 is 10.2 Å². The van der Waals surface area contributed by atoms with E-state index in [0.29, 0.717) is 11.1 Å². The number of rotatable bonds is 5. The summed E-state index contributed by atoms with van der Waals surface area (Å²) in [6.07, 6.45) is 1.44. The third kappa shape index (κ3) is 4.45. The Morgan fingerprint density at radius 3 is 2.42 bits per heavy atom. The maximum absolute atomic E-state index is 12.4. The van der Waals surface area contributed by atoms with Crippen LogP contribution in [0.2, 0.25) is 0 Å². The van der Waals surface area contributed by atoms with Crippen LogP contribution in [-0.2, 0) is 4.79 Å². The molecule has 1 amide bonds. The Bertz CT molecular complexity index is 909. The Morgan fingerprint density at radius 1 is 1.23 bits per heavy atom. The molecular formula is C19H18N4O3. The van der Waals surface area contributed by atoms with E-state index in [1.807, 2.05) is 37.2 Å². The van der Waals surface area contributed by atoms with Crippen molar-refractivity contribution in [1.29, 1.82) is 5.26 Å². The van der Waals surface area contributed by atoms with Gasteiger partial charge in [0, 0.05) is 25.8 Å². The molecule has 132 valence electrons. The lowest BCUT2D eigenvalue weighted by molar-refractivity contribution is -0.384. The summed E-state index contributed by atoms with van der Waals surface area (Å²) < 4.78 is 0. The molecule has 0 saturated carbocycles. The quantitative estimate of drug-likeness (QED) is 0.385. The van der Waals surface area contributed by atoms with Crippen molar-refractivity contribution in [3.05, 3.63) is 69.3 Å². The van der Waals surface area contributed by atoms with Gasteiger partial charge in [-0.3, -0.25) is 14.9 Å². The first-order valence-electron chi connectivity index (χ1n) is 7.77. The zero-order valence-corrected chi connectivity index (χ0v) is 14.7. The Labute approximate surface area is 151 Å². The van der Waals surface area contributed by atoms with E-state index in [1.54, 1.807) is 25.1 Å². The highest BCUT2D eigenvalue weighted by atomic mass is 16.6. The number of carbonyl (C=O) groups excluding carboxylic acids is 1. The predicted molar refractivity (Wildman–Crippen MR) is 101 cm³/mol. The minimum absolute atomic E-state index is 0.0507. The molecule has 0 aromatic heterocycles. The topological polar surface area (TPSA) is 99.3 Å².